The summed E-state index contributed by atoms with van der Waals surface area (Å²) in [5.41, 5.74) is 1.14. The summed E-state index contributed by atoms with van der Waals surface area (Å²) in [5, 5.41) is 13.3. The Morgan fingerprint density at radius 2 is 2.00 bits per heavy atom. The Hall–Kier alpha value is -2.21. The van der Waals surface area contributed by atoms with Gasteiger partial charge in [0.15, 0.2) is 0 Å². The zero-order valence-electron chi connectivity index (χ0n) is 10.9. The van der Waals surface area contributed by atoms with Crippen molar-refractivity contribution in [2.24, 2.45) is 0 Å². The fourth-order valence-electron chi connectivity index (χ4n) is 1.78. The first-order chi connectivity index (χ1) is 9.58. The highest BCUT2D eigenvalue weighted by molar-refractivity contribution is 7.17. The Morgan fingerprint density at radius 1 is 1.30 bits per heavy atom. The average Bonchev–Trinajstić information content (AvgIpc) is 2.95. The maximum atomic E-state index is 11.9. The van der Waals surface area contributed by atoms with Crippen molar-refractivity contribution in [2.75, 3.05) is 6.54 Å². The van der Waals surface area contributed by atoms with E-state index < -0.39 is 4.92 Å². The van der Waals surface area contributed by atoms with Crippen molar-refractivity contribution in [2.45, 2.75) is 12.8 Å². The van der Waals surface area contributed by atoms with E-state index in [-0.39, 0.29) is 16.8 Å². The third kappa shape index (κ3) is 3.42. The lowest BCUT2D eigenvalue weighted by Gasteiger charge is -2.12. The van der Waals surface area contributed by atoms with E-state index in [1.54, 1.807) is 0 Å². The number of amides is 1. The number of hydrogen-bond donors (Lipinski definition) is 1. The Labute approximate surface area is 120 Å². The van der Waals surface area contributed by atoms with E-state index >= 15 is 0 Å². The molecule has 6 heteroatoms. The van der Waals surface area contributed by atoms with Crippen molar-refractivity contribution < 1.29 is 9.72 Å². The molecule has 0 fully saturated rings. The molecular formula is C14H14N2O3S. The topological polar surface area (TPSA) is 72.2 Å². The van der Waals surface area contributed by atoms with Crippen LogP contribution in [0.3, 0.4) is 0 Å². The number of benzene rings is 1. The number of nitro groups is 1. The van der Waals surface area contributed by atoms with E-state index in [1.165, 1.54) is 12.1 Å². The molecule has 1 heterocycles. The van der Waals surface area contributed by atoms with Gasteiger partial charge in [0.2, 0.25) is 0 Å². The number of nitrogens with one attached hydrogen (secondary N) is 1. The molecule has 0 saturated carbocycles. The lowest BCUT2D eigenvalue weighted by molar-refractivity contribution is -0.380. The van der Waals surface area contributed by atoms with Crippen molar-refractivity contribution in [1.29, 1.82) is 0 Å². The molecule has 0 saturated heterocycles. The zero-order chi connectivity index (χ0) is 14.5. The van der Waals surface area contributed by atoms with Gasteiger partial charge in [-0.1, -0.05) is 48.6 Å². The number of thiophene rings is 1. The monoisotopic (exact) mass is 290 g/mol. The normalized spacial score (nSPS) is 11.8. The molecule has 1 amide bonds. The highest BCUT2D eigenvalue weighted by atomic mass is 32.1. The molecule has 1 aromatic heterocycles. The molecule has 20 heavy (non-hydrogen) atoms. The molecule has 0 radical (unpaired) electrons. The minimum Gasteiger partial charge on any atom is -0.351 e. The predicted octanol–water partition coefficient (Wildman–Crippen LogP) is 3.19. The van der Waals surface area contributed by atoms with E-state index in [4.69, 9.17) is 0 Å². The second-order valence-electron chi connectivity index (χ2n) is 4.42. The standard InChI is InChI=1S/C14H14N2O3S/c1-10(11-5-3-2-4-6-11)9-15-14(17)12-7-8-13(20-12)16(18)19/h2-8,10H,9H2,1H3,(H,15,17)/t10-/m1/s1. The Bertz CT molecular complexity index is 610. The summed E-state index contributed by atoms with van der Waals surface area (Å²) in [5.74, 6) is -0.0824. The fourth-order valence-corrected chi connectivity index (χ4v) is 2.52. The number of nitrogens with zero attached hydrogens (tertiary/aromatic N) is 1. The minimum absolute atomic E-state index is 0.0220. The van der Waals surface area contributed by atoms with Gasteiger partial charge in [-0.2, -0.15) is 0 Å². The molecule has 0 aliphatic carbocycles. The summed E-state index contributed by atoms with van der Waals surface area (Å²) >= 11 is 0.885. The first kappa shape index (κ1) is 14.2. The smallest absolute Gasteiger partial charge is 0.324 e. The van der Waals surface area contributed by atoms with Gasteiger partial charge < -0.3 is 5.32 Å². The number of rotatable bonds is 5. The van der Waals surface area contributed by atoms with E-state index in [1.807, 2.05) is 37.3 Å². The highest BCUT2D eigenvalue weighted by Crippen LogP contribution is 2.23. The summed E-state index contributed by atoms with van der Waals surface area (Å²) in [6, 6.07) is 12.7. The zero-order valence-corrected chi connectivity index (χ0v) is 11.7. The number of carbonyl (C=O) groups is 1. The van der Waals surface area contributed by atoms with E-state index in [0.29, 0.717) is 11.4 Å². The lowest BCUT2D eigenvalue weighted by Crippen LogP contribution is -2.26. The third-order valence-corrected chi connectivity index (χ3v) is 3.97. The van der Waals surface area contributed by atoms with Gasteiger partial charge in [0.1, 0.15) is 0 Å². The number of carbonyl (C=O) groups excluding carboxylic acids is 1. The maximum Gasteiger partial charge on any atom is 0.324 e. The van der Waals surface area contributed by atoms with Crippen LogP contribution >= 0.6 is 11.3 Å². The second-order valence-corrected chi connectivity index (χ2v) is 5.48. The average molecular weight is 290 g/mol. The van der Waals surface area contributed by atoms with Gasteiger partial charge in [0.25, 0.3) is 5.91 Å². The van der Waals surface area contributed by atoms with E-state index in [2.05, 4.69) is 5.32 Å². The second kappa shape index (κ2) is 6.29. The van der Waals surface area contributed by atoms with Crippen molar-refractivity contribution in [3.63, 3.8) is 0 Å². The molecule has 1 N–H and O–H groups in total. The van der Waals surface area contributed by atoms with Gasteiger partial charge in [0, 0.05) is 12.6 Å². The first-order valence-corrected chi connectivity index (χ1v) is 6.97. The molecule has 2 aromatic rings. The summed E-state index contributed by atoms with van der Waals surface area (Å²) in [7, 11) is 0. The first-order valence-electron chi connectivity index (χ1n) is 6.15. The van der Waals surface area contributed by atoms with Crippen LogP contribution < -0.4 is 5.32 Å². The van der Waals surface area contributed by atoms with Gasteiger partial charge in [-0.15, -0.1) is 0 Å². The van der Waals surface area contributed by atoms with E-state index in [9.17, 15) is 14.9 Å². The molecule has 0 spiro atoms. The summed E-state index contributed by atoms with van der Waals surface area (Å²) in [6.45, 7) is 2.51. The highest BCUT2D eigenvalue weighted by Gasteiger charge is 2.15. The van der Waals surface area contributed by atoms with Crippen LogP contribution in [0.25, 0.3) is 0 Å². The van der Waals surface area contributed by atoms with Crippen molar-refractivity contribution >= 4 is 22.2 Å². The summed E-state index contributed by atoms with van der Waals surface area (Å²) in [6.07, 6.45) is 0. The van der Waals surface area contributed by atoms with Crippen LogP contribution in [0.1, 0.15) is 28.1 Å². The summed E-state index contributed by atoms with van der Waals surface area (Å²) in [4.78, 5) is 22.3. The lowest BCUT2D eigenvalue weighted by atomic mass is 10.0. The van der Waals surface area contributed by atoms with Crippen LogP contribution in [-0.4, -0.2) is 17.4 Å². The molecule has 1 atom stereocenters. The molecule has 104 valence electrons. The molecule has 2 rings (SSSR count). The van der Waals surface area contributed by atoms with Crippen LogP contribution in [0.4, 0.5) is 5.00 Å². The molecule has 0 aliphatic rings. The third-order valence-electron chi connectivity index (χ3n) is 2.93. The molecule has 5 nitrogen and oxygen atoms in total. The van der Waals surface area contributed by atoms with Gasteiger partial charge in [-0.05, 0) is 17.5 Å². The molecule has 0 unspecified atom stereocenters. The van der Waals surface area contributed by atoms with Crippen molar-refractivity contribution in [3.05, 3.63) is 63.0 Å². The minimum atomic E-state index is -0.492. The molecular weight excluding hydrogens is 276 g/mol. The summed E-state index contributed by atoms with van der Waals surface area (Å²) < 4.78 is 0. The van der Waals surface area contributed by atoms with Gasteiger partial charge in [-0.3, -0.25) is 14.9 Å². The Kier molecular flexibility index (Phi) is 4.47. The maximum absolute atomic E-state index is 11.9. The molecule has 0 bridgehead atoms. The van der Waals surface area contributed by atoms with Gasteiger partial charge >= 0.3 is 5.00 Å². The Morgan fingerprint density at radius 3 is 2.60 bits per heavy atom. The van der Waals surface area contributed by atoms with Crippen molar-refractivity contribution in [1.82, 2.24) is 5.32 Å². The fraction of sp³-hybridized carbons (Fsp3) is 0.214. The van der Waals surface area contributed by atoms with Crippen LogP contribution in [-0.2, 0) is 0 Å². The predicted molar refractivity (Wildman–Crippen MR) is 78.2 cm³/mol. The van der Waals surface area contributed by atoms with Crippen LogP contribution in [0, 0.1) is 10.1 Å². The van der Waals surface area contributed by atoms with Crippen LogP contribution in [0.15, 0.2) is 42.5 Å². The SMILES string of the molecule is C[C@H](CNC(=O)c1ccc([N+](=O)[O-])s1)c1ccccc1. The molecule has 0 aliphatic heterocycles. The largest absolute Gasteiger partial charge is 0.351 e. The van der Waals surface area contributed by atoms with Gasteiger partial charge in [-0.25, -0.2) is 0 Å². The van der Waals surface area contributed by atoms with Gasteiger partial charge in [0.05, 0.1) is 9.80 Å². The van der Waals surface area contributed by atoms with Crippen LogP contribution in [0.5, 0.6) is 0 Å². The number of hydrogen-bond acceptors (Lipinski definition) is 4. The Balaban J connectivity index is 1.93. The van der Waals surface area contributed by atoms with Crippen LogP contribution in [0.2, 0.25) is 0 Å². The molecule has 1 aromatic carbocycles. The quantitative estimate of drug-likeness (QED) is 0.679. The van der Waals surface area contributed by atoms with Crippen molar-refractivity contribution in [3.8, 4) is 0 Å². The van der Waals surface area contributed by atoms with E-state index in [0.717, 1.165) is 16.9 Å².